The van der Waals surface area contributed by atoms with Gasteiger partial charge in [-0.1, -0.05) is 13.0 Å². The molecular formula is C13H19NO3. The van der Waals surface area contributed by atoms with Crippen LogP contribution in [0.5, 0.6) is 0 Å². The zero-order chi connectivity index (χ0) is 12.8. The summed E-state index contributed by atoms with van der Waals surface area (Å²) in [7, 11) is 3.20. The van der Waals surface area contributed by atoms with E-state index >= 15 is 0 Å². The van der Waals surface area contributed by atoms with Crippen LogP contribution in [0.4, 0.5) is 5.69 Å². The van der Waals surface area contributed by atoms with E-state index in [1.54, 1.807) is 0 Å². The summed E-state index contributed by atoms with van der Waals surface area (Å²) in [5.74, 6) is -0.278. The predicted octanol–water partition coefficient (Wildman–Crippen LogP) is 1.35. The predicted molar refractivity (Wildman–Crippen MR) is 67.0 cm³/mol. The zero-order valence-corrected chi connectivity index (χ0v) is 10.6. The van der Waals surface area contributed by atoms with Crippen molar-refractivity contribution >= 4 is 11.7 Å². The molecule has 0 fully saturated rings. The number of rotatable bonds is 5. The molecule has 0 atom stereocenters. The summed E-state index contributed by atoms with van der Waals surface area (Å²) >= 11 is 0. The van der Waals surface area contributed by atoms with E-state index in [0.717, 1.165) is 23.2 Å². The lowest BCUT2D eigenvalue weighted by atomic mass is 10.1. The van der Waals surface area contributed by atoms with E-state index in [4.69, 9.17) is 0 Å². The lowest BCUT2D eigenvalue weighted by molar-refractivity contribution is -0.138. The van der Waals surface area contributed by atoms with Gasteiger partial charge in [-0.3, -0.25) is 4.79 Å². The number of hydrogen-bond acceptors (Lipinski definition) is 4. The number of ether oxygens (including phenoxy) is 1. The average Bonchev–Trinajstić information content (AvgIpc) is 2.37. The fourth-order valence-corrected chi connectivity index (χ4v) is 1.61. The van der Waals surface area contributed by atoms with Gasteiger partial charge in [-0.15, -0.1) is 0 Å². The van der Waals surface area contributed by atoms with Gasteiger partial charge in [-0.05, 0) is 29.7 Å². The lowest BCUT2D eigenvalue weighted by Crippen LogP contribution is -2.26. The highest BCUT2D eigenvalue weighted by Gasteiger charge is 2.09. The van der Waals surface area contributed by atoms with Crippen LogP contribution in [0, 0.1) is 0 Å². The highest BCUT2D eigenvalue weighted by atomic mass is 16.5. The first-order chi connectivity index (χ1) is 8.10. The Balaban J connectivity index is 2.91. The van der Waals surface area contributed by atoms with Crippen LogP contribution < -0.4 is 4.90 Å². The number of carbonyl (C=O) groups excluding carboxylic acids is 1. The molecule has 0 radical (unpaired) electrons. The van der Waals surface area contributed by atoms with Gasteiger partial charge < -0.3 is 14.7 Å². The van der Waals surface area contributed by atoms with Gasteiger partial charge >= 0.3 is 5.97 Å². The van der Waals surface area contributed by atoms with Crippen LogP contribution in [0.25, 0.3) is 0 Å². The highest BCUT2D eigenvalue weighted by molar-refractivity contribution is 5.75. The molecule has 4 heteroatoms. The molecule has 0 unspecified atom stereocenters. The number of methoxy groups -OCH3 is 1. The minimum absolute atomic E-state index is 0.00685. The molecule has 94 valence electrons. The van der Waals surface area contributed by atoms with Gasteiger partial charge in [0.2, 0.25) is 0 Å². The van der Waals surface area contributed by atoms with Crippen molar-refractivity contribution in [3.05, 3.63) is 29.3 Å². The fraction of sp³-hybridized carbons (Fsp3) is 0.462. The van der Waals surface area contributed by atoms with Crippen molar-refractivity contribution < 1.29 is 14.6 Å². The van der Waals surface area contributed by atoms with Crippen molar-refractivity contribution in [3.8, 4) is 0 Å². The second-order valence-electron chi connectivity index (χ2n) is 3.95. The van der Waals surface area contributed by atoms with Crippen molar-refractivity contribution in [2.24, 2.45) is 0 Å². The Kier molecular flexibility index (Phi) is 4.97. The topological polar surface area (TPSA) is 49.8 Å². The number of aliphatic hydroxyl groups is 1. The standard InChI is InChI=1S/C13H19NO3/c1-4-10-5-11(9-15)7-12(6-10)14(2)8-13(16)17-3/h5-7,15H,4,8-9H2,1-3H3. The van der Waals surface area contributed by atoms with Crippen molar-refractivity contribution in [1.29, 1.82) is 0 Å². The largest absolute Gasteiger partial charge is 0.468 e. The Bertz CT molecular complexity index is 368. The van der Waals surface area contributed by atoms with Crippen LogP contribution in [0.3, 0.4) is 0 Å². The molecule has 17 heavy (non-hydrogen) atoms. The van der Waals surface area contributed by atoms with E-state index in [9.17, 15) is 9.90 Å². The molecule has 0 saturated heterocycles. The molecule has 1 aromatic carbocycles. The quantitative estimate of drug-likeness (QED) is 0.785. The molecule has 0 heterocycles. The normalized spacial score (nSPS) is 10.1. The van der Waals surface area contributed by atoms with Crippen LogP contribution in [-0.4, -0.2) is 31.8 Å². The monoisotopic (exact) mass is 237 g/mol. The molecule has 1 rings (SSSR count). The van der Waals surface area contributed by atoms with Gasteiger partial charge in [-0.25, -0.2) is 0 Å². The summed E-state index contributed by atoms with van der Waals surface area (Å²) < 4.78 is 4.63. The number of benzene rings is 1. The number of carbonyl (C=O) groups is 1. The summed E-state index contributed by atoms with van der Waals surface area (Å²) in [6.07, 6.45) is 0.896. The molecular weight excluding hydrogens is 218 g/mol. The minimum Gasteiger partial charge on any atom is -0.468 e. The van der Waals surface area contributed by atoms with Gasteiger partial charge in [0.1, 0.15) is 6.54 Å². The summed E-state index contributed by atoms with van der Waals surface area (Å²) in [4.78, 5) is 13.0. The molecule has 0 aliphatic heterocycles. The molecule has 0 aliphatic carbocycles. The smallest absolute Gasteiger partial charge is 0.325 e. The first-order valence-corrected chi connectivity index (χ1v) is 5.62. The number of aliphatic hydroxyl groups excluding tert-OH is 1. The third-order valence-electron chi connectivity index (χ3n) is 2.66. The molecule has 0 aromatic heterocycles. The molecule has 0 bridgehead atoms. The summed E-state index contributed by atoms with van der Waals surface area (Å²) in [5.41, 5.74) is 2.91. The number of likely N-dealkylation sites (N-methyl/N-ethyl adjacent to an activating group) is 1. The summed E-state index contributed by atoms with van der Waals surface area (Å²) in [5, 5.41) is 9.18. The summed E-state index contributed by atoms with van der Waals surface area (Å²) in [6, 6.07) is 5.86. The van der Waals surface area contributed by atoms with Crippen LogP contribution in [0.2, 0.25) is 0 Å². The van der Waals surface area contributed by atoms with Gasteiger partial charge in [0.05, 0.1) is 13.7 Å². The van der Waals surface area contributed by atoms with Gasteiger partial charge in [0.15, 0.2) is 0 Å². The van der Waals surface area contributed by atoms with E-state index in [1.807, 2.05) is 30.1 Å². The number of hydrogen-bond donors (Lipinski definition) is 1. The van der Waals surface area contributed by atoms with Crippen molar-refractivity contribution in [2.45, 2.75) is 20.0 Å². The van der Waals surface area contributed by atoms with E-state index in [2.05, 4.69) is 11.7 Å². The van der Waals surface area contributed by atoms with Gasteiger partial charge in [0, 0.05) is 12.7 Å². The molecule has 0 saturated carbocycles. The minimum atomic E-state index is -0.278. The molecule has 0 aliphatic rings. The maximum atomic E-state index is 11.2. The molecule has 0 spiro atoms. The third-order valence-corrected chi connectivity index (χ3v) is 2.66. The third kappa shape index (κ3) is 3.75. The Labute approximate surface area is 102 Å². The van der Waals surface area contributed by atoms with Crippen LogP contribution in [0.1, 0.15) is 18.1 Å². The van der Waals surface area contributed by atoms with Crippen LogP contribution >= 0.6 is 0 Å². The maximum Gasteiger partial charge on any atom is 0.325 e. The molecule has 4 nitrogen and oxygen atoms in total. The Hall–Kier alpha value is -1.55. The molecule has 0 amide bonds. The highest BCUT2D eigenvalue weighted by Crippen LogP contribution is 2.19. The van der Waals surface area contributed by atoms with E-state index < -0.39 is 0 Å². The molecule has 1 N–H and O–H groups in total. The van der Waals surface area contributed by atoms with Crippen molar-refractivity contribution in [1.82, 2.24) is 0 Å². The molecule has 1 aromatic rings. The van der Waals surface area contributed by atoms with Crippen LogP contribution in [-0.2, 0) is 22.6 Å². The lowest BCUT2D eigenvalue weighted by Gasteiger charge is -2.19. The number of anilines is 1. The fourth-order valence-electron chi connectivity index (χ4n) is 1.61. The summed E-state index contributed by atoms with van der Waals surface area (Å²) in [6.45, 7) is 2.27. The number of aryl methyl sites for hydroxylation is 1. The van der Waals surface area contributed by atoms with Crippen LogP contribution in [0.15, 0.2) is 18.2 Å². The zero-order valence-electron chi connectivity index (χ0n) is 10.6. The SMILES string of the molecule is CCc1cc(CO)cc(N(C)CC(=O)OC)c1. The van der Waals surface area contributed by atoms with Crippen molar-refractivity contribution in [3.63, 3.8) is 0 Å². The van der Waals surface area contributed by atoms with E-state index in [0.29, 0.717) is 0 Å². The first kappa shape index (κ1) is 13.5. The Morgan fingerprint density at radius 1 is 1.35 bits per heavy atom. The van der Waals surface area contributed by atoms with E-state index in [-0.39, 0.29) is 19.1 Å². The van der Waals surface area contributed by atoms with E-state index in [1.165, 1.54) is 7.11 Å². The number of nitrogens with zero attached hydrogens (tertiary/aromatic N) is 1. The second-order valence-corrected chi connectivity index (χ2v) is 3.95. The average molecular weight is 237 g/mol. The Morgan fingerprint density at radius 2 is 2.00 bits per heavy atom. The van der Waals surface area contributed by atoms with Gasteiger partial charge in [-0.2, -0.15) is 0 Å². The van der Waals surface area contributed by atoms with Crippen molar-refractivity contribution in [2.75, 3.05) is 25.6 Å². The Morgan fingerprint density at radius 3 is 2.53 bits per heavy atom. The maximum absolute atomic E-state index is 11.2. The second kappa shape index (κ2) is 6.25. The first-order valence-electron chi connectivity index (χ1n) is 5.62. The number of esters is 1. The van der Waals surface area contributed by atoms with Gasteiger partial charge in [0.25, 0.3) is 0 Å².